The Kier molecular flexibility index (Phi) is 5.64. The van der Waals surface area contributed by atoms with Crippen LogP contribution in [0.2, 0.25) is 5.02 Å². The molecule has 0 radical (unpaired) electrons. The van der Waals surface area contributed by atoms with Crippen LogP contribution in [0.5, 0.6) is 0 Å². The van der Waals surface area contributed by atoms with E-state index in [1.165, 1.54) is 31.7 Å². The van der Waals surface area contributed by atoms with Crippen LogP contribution >= 0.6 is 11.6 Å². The number of rotatable bonds is 4. The summed E-state index contributed by atoms with van der Waals surface area (Å²) in [6.07, 6.45) is 4.92. The minimum absolute atomic E-state index is 0.118. The van der Waals surface area contributed by atoms with Gasteiger partial charge in [0.05, 0.1) is 11.1 Å². The van der Waals surface area contributed by atoms with Gasteiger partial charge < -0.3 is 5.11 Å². The lowest BCUT2D eigenvalue weighted by molar-refractivity contribution is -0.00786. The number of benzene rings is 1. The molecule has 0 aliphatic carbocycles. The average Bonchev–Trinajstić information content (AvgIpc) is 2.72. The molecule has 118 valence electrons. The lowest BCUT2D eigenvalue weighted by atomic mass is 9.89. The summed E-state index contributed by atoms with van der Waals surface area (Å²) < 4.78 is 13.2. The number of aliphatic hydroxyl groups excluding tert-OH is 1. The van der Waals surface area contributed by atoms with Gasteiger partial charge in [0.25, 0.3) is 0 Å². The topological polar surface area (TPSA) is 23.5 Å². The molecule has 1 aliphatic heterocycles. The normalized spacial score (nSPS) is 19.3. The van der Waals surface area contributed by atoms with Crippen LogP contribution in [0.4, 0.5) is 4.39 Å². The van der Waals surface area contributed by atoms with E-state index in [9.17, 15) is 9.50 Å². The Morgan fingerprint density at radius 2 is 1.86 bits per heavy atom. The van der Waals surface area contributed by atoms with Crippen molar-refractivity contribution in [1.82, 2.24) is 4.90 Å². The molecule has 1 heterocycles. The predicted molar refractivity (Wildman–Crippen MR) is 85.2 cm³/mol. The van der Waals surface area contributed by atoms with Crippen LogP contribution in [0, 0.1) is 5.82 Å². The van der Waals surface area contributed by atoms with Gasteiger partial charge in [-0.2, -0.15) is 0 Å². The van der Waals surface area contributed by atoms with Gasteiger partial charge in [-0.25, -0.2) is 4.39 Å². The van der Waals surface area contributed by atoms with Gasteiger partial charge in [-0.3, -0.25) is 4.90 Å². The van der Waals surface area contributed by atoms with Gasteiger partial charge in [-0.1, -0.05) is 30.5 Å². The van der Waals surface area contributed by atoms with Gasteiger partial charge >= 0.3 is 0 Å². The molecule has 1 fully saturated rings. The molecule has 2 rings (SSSR count). The third kappa shape index (κ3) is 4.18. The number of hydrogen-bond acceptors (Lipinski definition) is 2. The maximum Gasteiger partial charge on any atom is 0.141 e. The molecule has 2 nitrogen and oxygen atoms in total. The van der Waals surface area contributed by atoms with Crippen molar-refractivity contribution in [1.29, 1.82) is 0 Å². The molecule has 1 aliphatic rings. The van der Waals surface area contributed by atoms with Crippen molar-refractivity contribution >= 4 is 11.6 Å². The van der Waals surface area contributed by atoms with Gasteiger partial charge in [0, 0.05) is 12.0 Å². The SMILES string of the molecule is CC(C)(C(O)Cc1ccc(F)c(Cl)c1)N1CCCCCC1. The van der Waals surface area contributed by atoms with Crippen LogP contribution in [0.3, 0.4) is 0 Å². The quantitative estimate of drug-likeness (QED) is 0.907. The highest BCUT2D eigenvalue weighted by atomic mass is 35.5. The van der Waals surface area contributed by atoms with E-state index >= 15 is 0 Å². The number of aliphatic hydroxyl groups is 1. The zero-order chi connectivity index (χ0) is 15.5. The standard InChI is InChI=1S/C17H25ClFNO/c1-17(2,20-9-5-3-4-6-10-20)16(21)12-13-7-8-15(19)14(18)11-13/h7-8,11,16,21H,3-6,9-10,12H2,1-2H3. The van der Waals surface area contributed by atoms with Gasteiger partial charge in [-0.15, -0.1) is 0 Å². The second kappa shape index (κ2) is 7.08. The summed E-state index contributed by atoms with van der Waals surface area (Å²) in [5.41, 5.74) is 0.586. The monoisotopic (exact) mass is 313 g/mol. The van der Waals surface area contributed by atoms with Gasteiger partial charge in [-0.05, 0) is 57.5 Å². The summed E-state index contributed by atoms with van der Waals surface area (Å²) in [5.74, 6) is -0.415. The first-order chi connectivity index (χ1) is 9.91. The van der Waals surface area contributed by atoms with Crippen molar-refractivity contribution in [3.8, 4) is 0 Å². The summed E-state index contributed by atoms with van der Waals surface area (Å²) in [4.78, 5) is 2.38. The summed E-state index contributed by atoms with van der Waals surface area (Å²) in [5, 5.41) is 10.8. The van der Waals surface area contributed by atoms with Crippen LogP contribution < -0.4 is 0 Å². The van der Waals surface area contributed by atoms with E-state index in [0.29, 0.717) is 6.42 Å². The molecule has 21 heavy (non-hydrogen) atoms. The smallest absolute Gasteiger partial charge is 0.141 e. The largest absolute Gasteiger partial charge is 0.391 e. The Morgan fingerprint density at radius 3 is 2.43 bits per heavy atom. The molecule has 0 spiro atoms. The van der Waals surface area contributed by atoms with Crippen LogP contribution in [-0.4, -0.2) is 34.7 Å². The molecule has 1 unspecified atom stereocenters. The second-order valence-corrected chi connectivity index (χ2v) is 6.93. The third-order valence-corrected chi connectivity index (χ3v) is 4.94. The number of nitrogens with zero attached hydrogens (tertiary/aromatic N) is 1. The van der Waals surface area contributed by atoms with E-state index in [-0.39, 0.29) is 10.6 Å². The molecule has 1 aromatic rings. The molecular weight excluding hydrogens is 289 g/mol. The van der Waals surface area contributed by atoms with Crippen molar-refractivity contribution in [2.45, 2.75) is 57.6 Å². The molecule has 0 saturated carbocycles. The minimum atomic E-state index is -0.503. The molecular formula is C17H25ClFNO. The fraction of sp³-hybridized carbons (Fsp3) is 0.647. The zero-order valence-corrected chi connectivity index (χ0v) is 13.7. The highest BCUT2D eigenvalue weighted by molar-refractivity contribution is 6.30. The van der Waals surface area contributed by atoms with Crippen LogP contribution in [0.1, 0.15) is 45.1 Å². The van der Waals surface area contributed by atoms with E-state index < -0.39 is 11.9 Å². The van der Waals surface area contributed by atoms with Gasteiger partial charge in [0.1, 0.15) is 5.82 Å². The Morgan fingerprint density at radius 1 is 1.24 bits per heavy atom. The fourth-order valence-electron chi connectivity index (χ4n) is 3.00. The molecule has 1 N–H and O–H groups in total. The lowest BCUT2D eigenvalue weighted by Gasteiger charge is -2.41. The van der Waals surface area contributed by atoms with E-state index in [0.717, 1.165) is 18.7 Å². The van der Waals surface area contributed by atoms with Gasteiger partial charge in [0.2, 0.25) is 0 Å². The van der Waals surface area contributed by atoms with Crippen LogP contribution in [0.25, 0.3) is 0 Å². The minimum Gasteiger partial charge on any atom is -0.391 e. The molecule has 0 aromatic heterocycles. The van der Waals surface area contributed by atoms with Crippen molar-refractivity contribution in [3.05, 3.63) is 34.6 Å². The third-order valence-electron chi connectivity index (χ3n) is 4.65. The highest BCUT2D eigenvalue weighted by Crippen LogP contribution is 2.26. The molecule has 0 bridgehead atoms. The summed E-state index contributed by atoms with van der Waals surface area (Å²) >= 11 is 5.81. The predicted octanol–water partition coefficient (Wildman–Crippen LogP) is 4.04. The number of hydrogen-bond donors (Lipinski definition) is 1. The Bertz CT molecular complexity index is 470. The molecule has 1 atom stereocenters. The van der Waals surface area contributed by atoms with Crippen molar-refractivity contribution in [3.63, 3.8) is 0 Å². The summed E-state index contributed by atoms with van der Waals surface area (Å²) in [6, 6.07) is 4.67. The first-order valence-corrected chi connectivity index (χ1v) is 8.16. The van der Waals surface area contributed by atoms with Crippen LogP contribution in [0.15, 0.2) is 18.2 Å². The zero-order valence-electron chi connectivity index (χ0n) is 12.9. The maximum absolute atomic E-state index is 13.2. The van der Waals surface area contributed by atoms with E-state index in [2.05, 4.69) is 18.7 Å². The maximum atomic E-state index is 13.2. The highest BCUT2D eigenvalue weighted by Gasteiger charge is 2.34. The molecule has 1 aromatic carbocycles. The van der Waals surface area contributed by atoms with Crippen LogP contribution in [-0.2, 0) is 6.42 Å². The van der Waals surface area contributed by atoms with E-state index in [1.807, 2.05) is 0 Å². The van der Waals surface area contributed by atoms with Crippen molar-refractivity contribution in [2.24, 2.45) is 0 Å². The molecule has 0 amide bonds. The molecule has 1 saturated heterocycles. The summed E-state index contributed by atoms with van der Waals surface area (Å²) in [7, 11) is 0. The fourth-order valence-corrected chi connectivity index (χ4v) is 3.20. The van der Waals surface area contributed by atoms with Crippen molar-refractivity contribution in [2.75, 3.05) is 13.1 Å². The van der Waals surface area contributed by atoms with E-state index in [4.69, 9.17) is 11.6 Å². The Balaban J connectivity index is 2.05. The summed E-state index contributed by atoms with van der Waals surface area (Å²) in [6.45, 7) is 6.25. The lowest BCUT2D eigenvalue weighted by Crippen LogP contribution is -2.53. The van der Waals surface area contributed by atoms with Crippen molar-refractivity contribution < 1.29 is 9.50 Å². The van der Waals surface area contributed by atoms with Gasteiger partial charge in [0.15, 0.2) is 0 Å². The second-order valence-electron chi connectivity index (χ2n) is 6.52. The molecule has 4 heteroatoms. The Labute approximate surface area is 131 Å². The van der Waals surface area contributed by atoms with E-state index in [1.54, 1.807) is 12.1 Å². The number of likely N-dealkylation sites (tertiary alicyclic amines) is 1. The number of halogens is 2. The average molecular weight is 314 g/mol. The first-order valence-electron chi connectivity index (χ1n) is 7.78. The first kappa shape index (κ1) is 16.7. The Hall–Kier alpha value is -0.640.